The molecule has 2 aromatic carbocycles. The Morgan fingerprint density at radius 1 is 1.24 bits per heavy atom. The zero-order chi connectivity index (χ0) is 18.6. The predicted octanol–water partition coefficient (Wildman–Crippen LogP) is 4.46. The average molecular weight is 353 g/mol. The fourth-order valence-corrected chi connectivity index (χ4v) is 2.01. The molecule has 0 aliphatic rings. The van der Waals surface area contributed by atoms with Crippen molar-refractivity contribution in [1.29, 1.82) is 0 Å². The lowest BCUT2D eigenvalue weighted by Crippen LogP contribution is -2.07. The molecule has 0 aliphatic heterocycles. The van der Waals surface area contributed by atoms with Crippen LogP contribution in [-0.4, -0.2) is 17.7 Å². The molecule has 0 saturated heterocycles. The smallest absolute Gasteiger partial charge is 0.416 e. The number of nitro groups is 1. The number of ether oxygens (including phenoxy) is 1. The van der Waals surface area contributed by atoms with Crippen LogP contribution in [0.1, 0.15) is 18.1 Å². The number of nitrogens with zero attached hydrogens (tertiary/aromatic N) is 2. The van der Waals surface area contributed by atoms with E-state index in [1.807, 2.05) is 0 Å². The highest BCUT2D eigenvalue weighted by Gasteiger charge is 2.33. The maximum absolute atomic E-state index is 12.7. The Morgan fingerprint density at radius 2 is 1.96 bits per heavy atom. The molecule has 2 rings (SSSR count). The number of nitro benzene ring substituents is 1. The summed E-state index contributed by atoms with van der Waals surface area (Å²) < 4.78 is 43.2. The summed E-state index contributed by atoms with van der Waals surface area (Å²) in [5.41, 5.74) is 1.67. The molecule has 0 amide bonds. The summed E-state index contributed by atoms with van der Waals surface area (Å²) in [6, 6.07) is 9.15. The van der Waals surface area contributed by atoms with Gasteiger partial charge in [0.15, 0.2) is 0 Å². The van der Waals surface area contributed by atoms with E-state index in [1.165, 1.54) is 7.11 Å². The highest BCUT2D eigenvalue weighted by atomic mass is 19.4. The molecule has 132 valence electrons. The summed E-state index contributed by atoms with van der Waals surface area (Å²) >= 11 is 0. The van der Waals surface area contributed by atoms with Gasteiger partial charge in [-0.25, -0.2) is 0 Å². The highest BCUT2D eigenvalue weighted by molar-refractivity contribution is 5.99. The summed E-state index contributed by atoms with van der Waals surface area (Å²) in [5.74, 6) is 0.604. The van der Waals surface area contributed by atoms with E-state index in [4.69, 9.17) is 4.74 Å². The molecule has 6 nitrogen and oxygen atoms in total. The maximum atomic E-state index is 12.7. The van der Waals surface area contributed by atoms with E-state index in [-0.39, 0.29) is 5.69 Å². The third-order valence-electron chi connectivity index (χ3n) is 3.35. The average Bonchev–Trinajstić information content (AvgIpc) is 2.58. The number of hydrogen-bond acceptors (Lipinski definition) is 5. The Kier molecular flexibility index (Phi) is 5.26. The SMILES string of the molecule is COc1cccc(/C(C)=N/Nc2ccc(C(F)(F)F)cc2[N+](=O)[O-])c1. The van der Waals surface area contributed by atoms with Gasteiger partial charge in [0, 0.05) is 11.6 Å². The Hall–Kier alpha value is -3.10. The van der Waals surface area contributed by atoms with Crippen molar-refractivity contribution in [2.45, 2.75) is 13.1 Å². The first kappa shape index (κ1) is 18.2. The van der Waals surface area contributed by atoms with Gasteiger partial charge in [-0.05, 0) is 31.2 Å². The minimum atomic E-state index is -4.66. The molecule has 2 aromatic rings. The molecule has 0 atom stereocenters. The van der Waals surface area contributed by atoms with Gasteiger partial charge in [-0.15, -0.1) is 0 Å². The van der Waals surface area contributed by atoms with Crippen molar-refractivity contribution in [1.82, 2.24) is 0 Å². The molecule has 25 heavy (non-hydrogen) atoms. The Bertz CT molecular complexity index is 820. The van der Waals surface area contributed by atoms with Gasteiger partial charge < -0.3 is 4.74 Å². The summed E-state index contributed by atoms with van der Waals surface area (Å²) in [5, 5.41) is 15.0. The van der Waals surface area contributed by atoms with Crippen molar-refractivity contribution < 1.29 is 22.8 Å². The second-order valence-electron chi connectivity index (χ2n) is 5.03. The molecule has 0 fully saturated rings. The number of halogens is 3. The van der Waals surface area contributed by atoms with E-state index >= 15 is 0 Å². The lowest BCUT2D eigenvalue weighted by molar-refractivity contribution is -0.384. The number of rotatable bonds is 5. The zero-order valence-corrected chi connectivity index (χ0v) is 13.3. The summed E-state index contributed by atoms with van der Waals surface area (Å²) in [4.78, 5) is 10.1. The van der Waals surface area contributed by atoms with Crippen LogP contribution in [0.5, 0.6) is 5.75 Å². The standard InChI is InChI=1S/C16H14F3N3O3/c1-10(11-4-3-5-13(8-11)25-2)20-21-14-7-6-12(16(17,18)19)9-15(14)22(23)24/h3-9,21H,1-2H3/b20-10+. The van der Waals surface area contributed by atoms with Gasteiger partial charge >= 0.3 is 6.18 Å². The first-order valence-electron chi connectivity index (χ1n) is 7.02. The third kappa shape index (κ3) is 4.46. The van der Waals surface area contributed by atoms with Crippen molar-refractivity contribution >= 4 is 17.1 Å². The van der Waals surface area contributed by atoms with Crippen LogP contribution in [-0.2, 0) is 6.18 Å². The van der Waals surface area contributed by atoms with Crippen LogP contribution in [0.25, 0.3) is 0 Å². The summed E-state index contributed by atoms with van der Waals surface area (Å²) in [6.07, 6.45) is -4.66. The molecule has 1 N–H and O–H groups in total. The number of hydrogen-bond donors (Lipinski definition) is 1. The minimum absolute atomic E-state index is 0.139. The van der Waals surface area contributed by atoms with Gasteiger partial charge in [0.25, 0.3) is 5.69 Å². The molecular weight excluding hydrogens is 339 g/mol. The molecule has 0 aliphatic carbocycles. The van der Waals surface area contributed by atoms with E-state index in [2.05, 4.69) is 10.5 Å². The number of alkyl halides is 3. The van der Waals surface area contributed by atoms with Gasteiger partial charge in [0.2, 0.25) is 0 Å². The Balaban J connectivity index is 2.31. The number of anilines is 1. The lowest BCUT2D eigenvalue weighted by atomic mass is 10.1. The molecule has 0 heterocycles. The molecule has 0 bridgehead atoms. The largest absolute Gasteiger partial charge is 0.497 e. The van der Waals surface area contributed by atoms with Crippen LogP contribution in [0.4, 0.5) is 24.5 Å². The zero-order valence-electron chi connectivity index (χ0n) is 13.3. The van der Waals surface area contributed by atoms with E-state index in [0.29, 0.717) is 23.1 Å². The Labute approximate surface area is 141 Å². The van der Waals surface area contributed by atoms with Crippen LogP contribution in [0.3, 0.4) is 0 Å². The van der Waals surface area contributed by atoms with Gasteiger partial charge in [0.05, 0.1) is 23.3 Å². The van der Waals surface area contributed by atoms with Crippen LogP contribution >= 0.6 is 0 Å². The maximum Gasteiger partial charge on any atom is 0.416 e. The molecule has 9 heteroatoms. The second-order valence-corrected chi connectivity index (χ2v) is 5.03. The second kappa shape index (κ2) is 7.20. The number of methoxy groups -OCH3 is 1. The third-order valence-corrected chi connectivity index (χ3v) is 3.35. The summed E-state index contributed by atoms with van der Waals surface area (Å²) in [7, 11) is 1.51. The van der Waals surface area contributed by atoms with Crippen LogP contribution in [0.2, 0.25) is 0 Å². The van der Waals surface area contributed by atoms with Gasteiger partial charge in [-0.1, -0.05) is 12.1 Å². The molecule has 0 unspecified atom stereocenters. The van der Waals surface area contributed by atoms with E-state index in [9.17, 15) is 23.3 Å². The van der Waals surface area contributed by atoms with Crippen molar-refractivity contribution in [3.63, 3.8) is 0 Å². The highest BCUT2D eigenvalue weighted by Crippen LogP contribution is 2.35. The van der Waals surface area contributed by atoms with Gasteiger partial charge in [0.1, 0.15) is 11.4 Å². The van der Waals surface area contributed by atoms with Crippen molar-refractivity contribution in [3.8, 4) is 5.75 Å². The van der Waals surface area contributed by atoms with Gasteiger partial charge in [-0.2, -0.15) is 18.3 Å². The summed E-state index contributed by atoms with van der Waals surface area (Å²) in [6.45, 7) is 1.65. The molecular formula is C16H14F3N3O3. The molecule has 0 radical (unpaired) electrons. The first-order valence-corrected chi connectivity index (χ1v) is 7.02. The van der Waals surface area contributed by atoms with Crippen LogP contribution < -0.4 is 10.2 Å². The van der Waals surface area contributed by atoms with Crippen molar-refractivity contribution in [2.24, 2.45) is 5.10 Å². The minimum Gasteiger partial charge on any atom is -0.497 e. The molecule has 0 aromatic heterocycles. The normalized spacial score (nSPS) is 12.0. The first-order chi connectivity index (χ1) is 11.7. The number of benzene rings is 2. The van der Waals surface area contributed by atoms with Crippen LogP contribution in [0, 0.1) is 10.1 Å². The molecule has 0 spiro atoms. The van der Waals surface area contributed by atoms with Crippen LogP contribution in [0.15, 0.2) is 47.6 Å². The topological polar surface area (TPSA) is 76.8 Å². The number of nitrogens with one attached hydrogen (secondary N) is 1. The number of hydrazone groups is 1. The van der Waals surface area contributed by atoms with Crippen molar-refractivity contribution in [2.75, 3.05) is 12.5 Å². The van der Waals surface area contributed by atoms with Gasteiger partial charge in [-0.3, -0.25) is 15.5 Å². The van der Waals surface area contributed by atoms with E-state index in [0.717, 1.165) is 12.1 Å². The quantitative estimate of drug-likeness (QED) is 0.489. The van der Waals surface area contributed by atoms with E-state index in [1.54, 1.807) is 31.2 Å². The predicted molar refractivity (Wildman–Crippen MR) is 86.9 cm³/mol. The van der Waals surface area contributed by atoms with E-state index < -0.39 is 22.4 Å². The fourth-order valence-electron chi connectivity index (χ4n) is 2.01. The fraction of sp³-hybridized carbons (Fsp3) is 0.188. The van der Waals surface area contributed by atoms with Crippen molar-refractivity contribution in [3.05, 3.63) is 63.7 Å². The monoisotopic (exact) mass is 353 g/mol. The Morgan fingerprint density at radius 3 is 2.56 bits per heavy atom. The molecule has 0 saturated carbocycles. The lowest BCUT2D eigenvalue weighted by Gasteiger charge is -2.09.